The summed E-state index contributed by atoms with van der Waals surface area (Å²) in [4.78, 5) is 16.0. The first-order valence-corrected chi connectivity index (χ1v) is 8.08. The van der Waals surface area contributed by atoms with E-state index in [1.165, 1.54) is 0 Å². The zero-order chi connectivity index (χ0) is 18.2. The molecule has 0 saturated carbocycles. The van der Waals surface area contributed by atoms with Crippen LogP contribution in [0.2, 0.25) is 0 Å². The van der Waals surface area contributed by atoms with Gasteiger partial charge in [-0.25, -0.2) is 4.99 Å². The van der Waals surface area contributed by atoms with Gasteiger partial charge in [0.05, 0.1) is 13.7 Å². The minimum absolute atomic E-state index is 0.00120. The molecule has 0 radical (unpaired) electrons. The molecule has 0 fully saturated rings. The van der Waals surface area contributed by atoms with Gasteiger partial charge >= 0.3 is 0 Å². The predicted molar refractivity (Wildman–Crippen MR) is 102 cm³/mol. The molecule has 0 aromatic heterocycles. The van der Waals surface area contributed by atoms with Crippen molar-refractivity contribution in [2.75, 3.05) is 17.7 Å². The topological polar surface area (TPSA) is 88.7 Å². The number of methoxy groups -OCH3 is 1. The summed E-state index contributed by atoms with van der Waals surface area (Å²) in [6.45, 7) is 4.17. The zero-order valence-electron chi connectivity index (χ0n) is 14.7. The number of hydrogen-bond acceptors (Lipinski definition) is 3. The Balaban J connectivity index is 1.90. The molecule has 6 nitrogen and oxygen atoms in total. The Morgan fingerprint density at radius 2 is 1.60 bits per heavy atom. The van der Waals surface area contributed by atoms with Crippen LogP contribution in [0.1, 0.15) is 19.4 Å². The predicted octanol–water partition coefficient (Wildman–Crippen LogP) is 3.22. The van der Waals surface area contributed by atoms with E-state index in [-0.39, 0.29) is 11.8 Å². The largest absolute Gasteiger partial charge is 0.497 e. The maximum atomic E-state index is 11.7. The number of amides is 1. The second-order valence-corrected chi connectivity index (χ2v) is 5.90. The molecule has 0 saturated heterocycles. The number of nitrogens with one attached hydrogen (secondary N) is 2. The third-order valence-corrected chi connectivity index (χ3v) is 3.54. The average Bonchev–Trinajstić information content (AvgIpc) is 2.61. The molecule has 0 heterocycles. The minimum Gasteiger partial charge on any atom is -0.497 e. The Kier molecular flexibility index (Phi) is 6.39. The number of carbonyl (C=O) groups is 1. The molecule has 4 N–H and O–H groups in total. The molecule has 1 amide bonds. The van der Waals surface area contributed by atoms with Gasteiger partial charge in [0.1, 0.15) is 5.75 Å². The van der Waals surface area contributed by atoms with Gasteiger partial charge < -0.3 is 21.1 Å². The molecule has 6 heteroatoms. The summed E-state index contributed by atoms with van der Waals surface area (Å²) in [5.74, 6) is 1.07. The molecule has 0 aliphatic heterocycles. The number of guanidine groups is 1. The van der Waals surface area contributed by atoms with E-state index in [4.69, 9.17) is 10.5 Å². The fourth-order valence-electron chi connectivity index (χ4n) is 2.02. The fourth-order valence-corrected chi connectivity index (χ4v) is 2.02. The van der Waals surface area contributed by atoms with Gasteiger partial charge in [-0.3, -0.25) is 4.79 Å². The summed E-state index contributed by atoms with van der Waals surface area (Å²) in [5, 5.41) is 5.88. The molecule has 2 aromatic rings. The molecule has 2 aromatic carbocycles. The Bertz CT molecular complexity index is 722. The molecule has 0 bridgehead atoms. The first kappa shape index (κ1) is 18.3. The summed E-state index contributed by atoms with van der Waals surface area (Å²) in [6.07, 6.45) is 0. The van der Waals surface area contributed by atoms with E-state index in [1.54, 1.807) is 7.11 Å². The van der Waals surface area contributed by atoms with Crippen molar-refractivity contribution < 1.29 is 9.53 Å². The standard InChI is InChI=1S/C19H24N4O2/c1-13(2)18(24)22-15-6-4-14(5-7-15)12-21-19(20)23-16-8-10-17(25-3)11-9-16/h4-11,13H,12H2,1-3H3,(H,22,24)(H3,20,21,23). The highest BCUT2D eigenvalue weighted by Gasteiger charge is 2.06. The number of carbonyl (C=O) groups excluding carboxylic acids is 1. The summed E-state index contributed by atoms with van der Waals surface area (Å²) in [5.41, 5.74) is 8.52. The third kappa shape index (κ3) is 5.84. The third-order valence-electron chi connectivity index (χ3n) is 3.54. The lowest BCUT2D eigenvalue weighted by atomic mass is 10.2. The van der Waals surface area contributed by atoms with Crippen molar-refractivity contribution in [3.63, 3.8) is 0 Å². The minimum atomic E-state index is -0.0481. The van der Waals surface area contributed by atoms with Crippen molar-refractivity contribution in [1.82, 2.24) is 0 Å². The summed E-state index contributed by atoms with van der Waals surface area (Å²) in [6, 6.07) is 15.0. The first-order valence-electron chi connectivity index (χ1n) is 8.08. The Morgan fingerprint density at radius 1 is 1.04 bits per heavy atom. The molecule has 0 aliphatic carbocycles. The SMILES string of the molecule is COc1ccc(NC(N)=NCc2ccc(NC(=O)C(C)C)cc2)cc1. The molecule has 0 spiro atoms. The molecule has 0 atom stereocenters. The molecule has 132 valence electrons. The van der Waals surface area contributed by atoms with Gasteiger partial charge in [-0.15, -0.1) is 0 Å². The normalized spacial score (nSPS) is 11.3. The van der Waals surface area contributed by atoms with Crippen LogP contribution in [-0.4, -0.2) is 19.0 Å². The van der Waals surface area contributed by atoms with Gasteiger partial charge in [0.2, 0.25) is 5.91 Å². The lowest BCUT2D eigenvalue weighted by Crippen LogP contribution is -2.22. The zero-order valence-corrected chi connectivity index (χ0v) is 14.7. The molecular formula is C19H24N4O2. The molecule has 0 unspecified atom stereocenters. The summed E-state index contributed by atoms with van der Waals surface area (Å²) >= 11 is 0. The van der Waals surface area contributed by atoms with E-state index >= 15 is 0 Å². The number of rotatable bonds is 6. The number of benzene rings is 2. The van der Waals surface area contributed by atoms with Crippen molar-refractivity contribution in [1.29, 1.82) is 0 Å². The average molecular weight is 340 g/mol. The van der Waals surface area contributed by atoms with Gasteiger partial charge in [0.15, 0.2) is 5.96 Å². The van der Waals surface area contributed by atoms with E-state index < -0.39 is 0 Å². The monoisotopic (exact) mass is 340 g/mol. The quantitative estimate of drug-likeness (QED) is 0.556. The van der Waals surface area contributed by atoms with Crippen LogP contribution in [0.15, 0.2) is 53.5 Å². The van der Waals surface area contributed by atoms with Crippen LogP contribution in [-0.2, 0) is 11.3 Å². The van der Waals surface area contributed by atoms with Gasteiger partial charge in [-0.1, -0.05) is 26.0 Å². The van der Waals surface area contributed by atoms with Crippen molar-refractivity contribution in [3.8, 4) is 5.75 Å². The molecule has 2 rings (SSSR count). The van der Waals surface area contributed by atoms with E-state index in [0.29, 0.717) is 12.5 Å². The van der Waals surface area contributed by atoms with Crippen LogP contribution in [0.25, 0.3) is 0 Å². The highest BCUT2D eigenvalue weighted by molar-refractivity contribution is 5.92. The summed E-state index contributed by atoms with van der Waals surface area (Å²) < 4.78 is 5.11. The number of nitrogens with zero attached hydrogens (tertiary/aromatic N) is 1. The Hall–Kier alpha value is -3.02. The van der Waals surface area contributed by atoms with Crippen molar-refractivity contribution in [2.24, 2.45) is 16.6 Å². The highest BCUT2D eigenvalue weighted by atomic mass is 16.5. The Labute approximate surface area is 148 Å². The van der Waals surface area contributed by atoms with Crippen LogP contribution in [0.4, 0.5) is 11.4 Å². The number of aliphatic imine (C=N–C) groups is 1. The van der Waals surface area contributed by atoms with Gasteiger partial charge in [-0.2, -0.15) is 0 Å². The van der Waals surface area contributed by atoms with E-state index in [9.17, 15) is 4.79 Å². The molecule has 0 aliphatic rings. The second-order valence-electron chi connectivity index (χ2n) is 5.90. The van der Waals surface area contributed by atoms with E-state index in [0.717, 1.165) is 22.7 Å². The molecular weight excluding hydrogens is 316 g/mol. The number of anilines is 2. The van der Waals surface area contributed by atoms with Gasteiger partial charge in [0, 0.05) is 17.3 Å². The fraction of sp³-hybridized carbons (Fsp3) is 0.263. The smallest absolute Gasteiger partial charge is 0.226 e. The van der Waals surface area contributed by atoms with Crippen molar-refractivity contribution >= 4 is 23.2 Å². The van der Waals surface area contributed by atoms with Crippen LogP contribution < -0.4 is 21.1 Å². The van der Waals surface area contributed by atoms with Crippen LogP contribution in [0.5, 0.6) is 5.75 Å². The highest BCUT2D eigenvalue weighted by Crippen LogP contribution is 2.15. The van der Waals surface area contributed by atoms with Crippen LogP contribution in [0.3, 0.4) is 0 Å². The second kappa shape index (κ2) is 8.73. The lowest BCUT2D eigenvalue weighted by molar-refractivity contribution is -0.118. The lowest BCUT2D eigenvalue weighted by Gasteiger charge is -2.08. The Morgan fingerprint density at radius 3 is 2.16 bits per heavy atom. The van der Waals surface area contributed by atoms with E-state index in [2.05, 4.69) is 15.6 Å². The number of nitrogens with two attached hydrogens (primary N) is 1. The summed E-state index contributed by atoms with van der Waals surface area (Å²) in [7, 11) is 1.62. The van der Waals surface area contributed by atoms with Gasteiger partial charge in [0.25, 0.3) is 0 Å². The van der Waals surface area contributed by atoms with Crippen molar-refractivity contribution in [3.05, 3.63) is 54.1 Å². The number of ether oxygens (including phenoxy) is 1. The van der Waals surface area contributed by atoms with Crippen LogP contribution in [0, 0.1) is 5.92 Å². The number of hydrogen-bond donors (Lipinski definition) is 3. The van der Waals surface area contributed by atoms with Crippen molar-refractivity contribution in [2.45, 2.75) is 20.4 Å². The van der Waals surface area contributed by atoms with Gasteiger partial charge in [-0.05, 0) is 42.0 Å². The first-order chi connectivity index (χ1) is 12.0. The maximum Gasteiger partial charge on any atom is 0.226 e. The molecule has 25 heavy (non-hydrogen) atoms. The van der Waals surface area contributed by atoms with Crippen LogP contribution >= 0.6 is 0 Å². The maximum absolute atomic E-state index is 11.7. The van der Waals surface area contributed by atoms with E-state index in [1.807, 2.05) is 62.4 Å².